The van der Waals surface area contributed by atoms with Gasteiger partial charge in [-0.25, -0.2) is 0 Å². The summed E-state index contributed by atoms with van der Waals surface area (Å²) in [5.41, 5.74) is 1.29. The van der Waals surface area contributed by atoms with Gasteiger partial charge in [-0.1, -0.05) is 0 Å². The van der Waals surface area contributed by atoms with Gasteiger partial charge in [-0.3, -0.25) is 0 Å². The van der Waals surface area contributed by atoms with E-state index in [4.69, 9.17) is 0 Å². The maximum absolute atomic E-state index is 3.46. The second kappa shape index (κ2) is 4.33. The summed E-state index contributed by atoms with van der Waals surface area (Å²) in [5.74, 6) is 0. The van der Waals surface area contributed by atoms with Crippen molar-refractivity contribution < 1.29 is 2.79 Å². The second-order valence-corrected chi connectivity index (χ2v) is 7.38. The molecule has 0 amide bonds. The van der Waals surface area contributed by atoms with Crippen LogP contribution in [0.5, 0.6) is 0 Å². The molecule has 0 aliphatic rings. The number of benzene rings is 2. The summed E-state index contributed by atoms with van der Waals surface area (Å²) in [6, 6.07) is 17.2. The van der Waals surface area contributed by atoms with Gasteiger partial charge in [-0.2, -0.15) is 0 Å². The minimum absolute atomic E-state index is 0.259. The number of nitrogens with zero attached hydrogens (tertiary/aromatic N) is 1. The van der Waals surface area contributed by atoms with E-state index in [0.717, 1.165) is 4.47 Å². The third-order valence-electron chi connectivity index (χ3n) is 2.45. The average Bonchev–Trinajstić information content (AvgIpc) is 2.73. The van der Waals surface area contributed by atoms with Crippen LogP contribution in [0.1, 0.15) is 0 Å². The minimum atomic E-state index is -0.259. The van der Waals surface area contributed by atoms with E-state index in [9.17, 15) is 0 Å². The van der Waals surface area contributed by atoms with Crippen molar-refractivity contribution in [2.45, 2.75) is 0 Å². The van der Waals surface area contributed by atoms with Crippen molar-refractivity contribution in [2.24, 2.45) is 0 Å². The van der Waals surface area contributed by atoms with Crippen molar-refractivity contribution in [2.75, 3.05) is 0 Å². The van der Waals surface area contributed by atoms with Gasteiger partial charge in [0.1, 0.15) is 0 Å². The van der Waals surface area contributed by atoms with Crippen molar-refractivity contribution >= 4 is 45.4 Å². The van der Waals surface area contributed by atoms with Crippen LogP contribution in [-0.4, -0.2) is 20.7 Å². The third-order valence-corrected chi connectivity index (χ3v) is 6.07. The van der Waals surface area contributed by atoms with E-state index in [1.165, 1.54) is 14.5 Å². The molecule has 3 aromatic rings. The summed E-state index contributed by atoms with van der Waals surface area (Å²) in [6.07, 6.45) is 2.26. The fourth-order valence-corrected chi connectivity index (χ4v) is 4.68. The summed E-state index contributed by atoms with van der Waals surface area (Å²) in [4.78, 5) is 0. The van der Waals surface area contributed by atoms with Gasteiger partial charge in [0, 0.05) is 0 Å². The van der Waals surface area contributed by atoms with Crippen molar-refractivity contribution in [3.05, 3.63) is 59.2 Å². The Bertz CT molecular complexity index is 595. The van der Waals surface area contributed by atoms with Crippen molar-refractivity contribution in [3.8, 4) is 5.69 Å². The Balaban J connectivity index is 2.15. The Morgan fingerprint density at radius 2 is 1.69 bits per heavy atom. The zero-order chi connectivity index (χ0) is 11.0. The summed E-state index contributed by atoms with van der Waals surface area (Å²) in [7, 11) is 0. The normalized spacial score (nSPS) is 10.8. The van der Waals surface area contributed by atoms with Crippen LogP contribution in [0.15, 0.2) is 59.2 Å². The standard InChI is InChI=1S/C13H9BrNTe/c14-11-5-7-12(8-6-11)15-9-10-3-1-2-4-13(10)16-15/h1-9H/q+1. The molecule has 0 saturated heterocycles. The molecule has 78 valence electrons. The third kappa shape index (κ3) is 1.96. The molecule has 0 bridgehead atoms. The van der Waals surface area contributed by atoms with Crippen LogP contribution >= 0.6 is 15.9 Å². The summed E-state index contributed by atoms with van der Waals surface area (Å²) in [5, 5.41) is 1.38. The Kier molecular flexibility index (Phi) is 2.85. The van der Waals surface area contributed by atoms with E-state index >= 15 is 0 Å². The molecule has 1 nitrogen and oxygen atoms in total. The van der Waals surface area contributed by atoms with Gasteiger partial charge in [0.25, 0.3) is 0 Å². The van der Waals surface area contributed by atoms with Crippen molar-refractivity contribution in [3.63, 3.8) is 0 Å². The molecule has 0 spiro atoms. The molecule has 0 atom stereocenters. The molecule has 1 aromatic heterocycles. The van der Waals surface area contributed by atoms with Gasteiger partial charge in [0.05, 0.1) is 0 Å². The SMILES string of the molecule is Brc1ccc(-[n+]2cc3ccccc3[te]2)cc1. The quantitative estimate of drug-likeness (QED) is 0.566. The number of fused-ring (bicyclic) bond motifs is 1. The van der Waals surface area contributed by atoms with Gasteiger partial charge in [0.15, 0.2) is 0 Å². The van der Waals surface area contributed by atoms with E-state index in [0.29, 0.717) is 0 Å². The van der Waals surface area contributed by atoms with Crippen LogP contribution in [0, 0.1) is 0 Å². The Morgan fingerprint density at radius 1 is 0.938 bits per heavy atom. The van der Waals surface area contributed by atoms with Gasteiger partial charge in [-0.05, 0) is 0 Å². The first-order chi connectivity index (χ1) is 7.83. The predicted molar refractivity (Wildman–Crippen MR) is 70.1 cm³/mol. The van der Waals surface area contributed by atoms with E-state index in [2.05, 4.69) is 73.4 Å². The van der Waals surface area contributed by atoms with E-state index in [1.807, 2.05) is 0 Å². The topological polar surface area (TPSA) is 3.88 Å². The molecule has 0 unspecified atom stereocenters. The molecular weight excluding hydrogens is 378 g/mol. The number of rotatable bonds is 1. The van der Waals surface area contributed by atoms with Gasteiger partial charge in [0.2, 0.25) is 0 Å². The Morgan fingerprint density at radius 3 is 2.44 bits per heavy atom. The van der Waals surface area contributed by atoms with E-state index in [1.54, 1.807) is 0 Å². The molecule has 3 rings (SSSR count). The van der Waals surface area contributed by atoms with Crippen molar-refractivity contribution in [1.29, 1.82) is 0 Å². The molecular formula is C13H9BrNTe+. The molecule has 16 heavy (non-hydrogen) atoms. The maximum atomic E-state index is 3.46. The Labute approximate surface area is 112 Å². The number of halogens is 1. The van der Waals surface area contributed by atoms with Crippen LogP contribution in [0.3, 0.4) is 0 Å². The average molecular weight is 387 g/mol. The van der Waals surface area contributed by atoms with E-state index < -0.39 is 0 Å². The molecule has 0 radical (unpaired) electrons. The molecule has 0 aliphatic heterocycles. The number of hydrogen-bond donors (Lipinski definition) is 0. The zero-order valence-corrected chi connectivity index (χ0v) is 12.3. The number of aromatic nitrogens is 1. The van der Waals surface area contributed by atoms with Crippen LogP contribution in [0.2, 0.25) is 0 Å². The van der Waals surface area contributed by atoms with Gasteiger partial charge < -0.3 is 0 Å². The monoisotopic (exact) mass is 388 g/mol. The van der Waals surface area contributed by atoms with Gasteiger partial charge >= 0.3 is 113 Å². The molecule has 0 N–H and O–H groups in total. The fourth-order valence-electron chi connectivity index (χ4n) is 1.64. The first-order valence-corrected chi connectivity index (χ1v) is 8.00. The Hall–Kier alpha value is -0.620. The zero-order valence-electron chi connectivity index (χ0n) is 8.43. The second-order valence-electron chi connectivity index (χ2n) is 3.56. The molecule has 0 fully saturated rings. The first-order valence-electron chi connectivity index (χ1n) is 4.99. The molecule has 0 aliphatic carbocycles. The predicted octanol–water partition coefficient (Wildman–Crippen LogP) is 2.94. The fraction of sp³-hybridized carbons (Fsp3) is 0. The van der Waals surface area contributed by atoms with Crippen LogP contribution < -0.4 is 2.79 Å². The summed E-state index contributed by atoms with van der Waals surface area (Å²) < 4.78 is 5.06. The van der Waals surface area contributed by atoms with Gasteiger partial charge in [-0.15, -0.1) is 0 Å². The molecule has 1 heterocycles. The van der Waals surface area contributed by atoms with Crippen LogP contribution in [-0.2, 0) is 0 Å². The number of hydrogen-bond acceptors (Lipinski definition) is 0. The van der Waals surface area contributed by atoms with Crippen LogP contribution in [0.25, 0.3) is 14.5 Å². The molecule has 0 saturated carbocycles. The van der Waals surface area contributed by atoms with Crippen molar-refractivity contribution in [1.82, 2.24) is 0 Å². The van der Waals surface area contributed by atoms with Crippen LogP contribution in [0.4, 0.5) is 0 Å². The summed E-state index contributed by atoms with van der Waals surface area (Å²) in [6.45, 7) is 0. The van der Waals surface area contributed by atoms with E-state index in [-0.39, 0.29) is 20.7 Å². The first kappa shape index (κ1) is 10.5. The summed E-state index contributed by atoms with van der Waals surface area (Å²) >= 11 is 3.21. The molecule has 2 aromatic carbocycles. The molecule has 3 heteroatoms.